The first-order valence-corrected chi connectivity index (χ1v) is 12.7. The van der Waals surface area contributed by atoms with Crippen molar-refractivity contribution in [2.45, 2.75) is 68.2 Å². The predicted molar refractivity (Wildman–Crippen MR) is 101 cm³/mol. The Morgan fingerprint density at radius 1 is 0.857 bits per heavy atom. The maximum atomic E-state index is 12.2. The molecule has 2 unspecified atom stereocenters. The molecule has 0 saturated heterocycles. The van der Waals surface area contributed by atoms with Gasteiger partial charge in [0.05, 0.1) is 0 Å². The minimum absolute atomic E-state index is 0.286. The lowest BCUT2D eigenvalue weighted by atomic mass is 9.86. The second-order valence-corrected chi connectivity index (χ2v) is 16.1. The van der Waals surface area contributed by atoms with E-state index in [1.54, 1.807) is 0 Å². The summed E-state index contributed by atoms with van der Waals surface area (Å²) < 4.78 is 12.2. The highest BCUT2D eigenvalue weighted by Crippen LogP contribution is 2.66. The standard InChI is InChI=1S/C16H35O2PS2/c1-13(9-15(3,4)5)11-20-19(17,18)21-12-14(2)10-16(6,7)8/h13-14H,9-12H2,1-8H3,(H,17,18). The normalized spacial score (nSPS) is 19.1. The van der Waals surface area contributed by atoms with Crippen LogP contribution < -0.4 is 0 Å². The van der Waals surface area contributed by atoms with Gasteiger partial charge < -0.3 is 4.89 Å². The molecule has 0 rings (SSSR count). The third-order valence-corrected chi connectivity index (χ3v) is 9.80. The van der Waals surface area contributed by atoms with E-state index in [-0.39, 0.29) is 10.8 Å². The topological polar surface area (TPSA) is 37.3 Å². The zero-order valence-electron chi connectivity index (χ0n) is 15.1. The highest BCUT2D eigenvalue weighted by molar-refractivity contribution is 8.88. The molecule has 2 atom stereocenters. The van der Waals surface area contributed by atoms with E-state index in [1.165, 1.54) is 22.8 Å². The first-order chi connectivity index (χ1) is 9.20. The van der Waals surface area contributed by atoms with Crippen molar-refractivity contribution < 1.29 is 9.46 Å². The van der Waals surface area contributed by atoms with Crippen molar-refractivity contribution in [3.63, 3.8) is 0 Å². The summed E-state index contributed by atoms with van der Waals surface area (Å²) in [5.74, 6) is -0.609. The second-order valence-electron chi connectivity index (χ2n) is 8.80. The van der Waals surface area contributed by atoms with Gasteiger partial charge in [-0.25, -0.2) is 0 Å². The Balaban J connectivity index is 4.12. The van der Waals surface area contributed by atoms with E-state index >= 15 is 0 Å². The maximum absolute atomic E-state index is 12.2. The van der Waals surface area contributed by atoms with Gasteiger partial charge in [0.1, 0.15) is 0 Å². The van der Waals surface area contributed by atoms with Gasteiger partial charge in [-0.2, -0.15) is 0 Å². The summed E-state index contributed by atoms with van der Waals surface area (Å²) in [6, 6.07) is 0. The van der Waals surface area contributed by atoms with Crippen LogP contribution in [-0.2, 0) is 4.57 Å². The van der Waals surface area contributed by atoms with Crippen molar-refractivity contribution in [2.75, 3.05) is 11.5 Å². The summed E-state index contributed by atoms with van der Waals surface area (Å²) in [7, 11) is 0. The van der Waals surface area contributed by atoms with E-state index in [0.717, 1.165) is 24.3 Å². The first kappa shape index (κ1) is 21.9. The molecule has 0 saturated carbocycles. The van der Waals surface area contributed by atoms with Crippen LogP contribution in [0.3, 0.4) is 0 Å². The van der Waals surface area contributed by atoms with Crippen LogP contribution in [0.5, 0.6) is 0 Å². The molecule has 0 aliphatic rings. The molecule has 0 aliphatic heterocycles. The Morgan fingerprint density at radius 3 is 1.38 bits per heavy atom. The Labute approximate surface area is 140 Å². The Kier molecular flexibility index (Phi) is 9.03. The molecule has 0 radical (unpaired) electrons. The van der Waals surface area contributed by atoms with Crippen molar-refractivity contribution in [1.29, 1.82) is 0 Å². The largest absolute Gasteiger partial charge is 0.329 e. The van der Waals surface area contributed by atoms with Crippen LogP contribution >= 0.6 is 28.5 Å². The average molecular weight is 355 g/mol. The smallest absolute Gasteiger partial charge is 0.310 e. The lowest BCUT2D eigenvalue weighted by Crippen LogP contribution is -2.13. The fourth-order valence-corrected chi connectivity index (χ4v) is 8.53. The number of hydrogen-bond acceptors (Lipinski definition) is 3. The van der Waals surface area contributed by atoms with Crippen molar-refractivity contribution in [1.82, 2.24) is 0 Å². The van der Waals surface area contributed by atoms with Gasteiger partial charge >= 0.3 is 5.77 Å². The molecule has 5 heteroatoms. The van der Waals surface area contributed by atoms with Gasteiger partial charge in [-0.15, -0.1) is 0 Å². The lowest BCUT2D eigenvalue weighted by molar-refractivity contribution is 0.323. The van der Waals surface area contributed by atoms with E-state index in [9.17, 15) is 9.46 Å². The zero-order chi connectivity index (χ0) is 16.9. The van der Waals surface area contributed by atoms with E-state index in [2.05, 4.69) is 55.4 Å². The summed E-state index contributed by atoms with van der Waals surface area (Å²) >= 11 is 2.52. The van der Waals surface area contributed by atoms with Gasteiger partial charge in [-0.1, -0.05) is 78.2 Å². The fraction of sp³-hybridized carbons (Fsp3) is 1.00. The maximum Gasteiger partial charge on any atom is 0.310 e. The molecule has 0 spiro atoms. The molecule has 0 bridgehead atoms. The van der Waals surface area contributed by atoms with Crippen molar-refractivity contribution >= 4 is 28.5 Å². The molecule has 1 N–H and O–H groups in total. The van der Waals surface area contributed by atoms with Crippen LogP contribution in [0, 0.1) is 22.7 Å². The monoisotopic (exact) mass is 354 g/mol. The molecule has 21 heavy (non-hydrogen) atoms. The molecule has 0 aromatic heterocycles. The summed E-state index contributed by atoms with van der Waals surface area (Å²) in [6.45, 7) is 17.7. The van der Waals surface area contributed by atoms with E-state index in [1.807, 2.05) is 0 Å². The van der Waals surface area contributed by atoms with Gasteiger partial charge in [-0.3, -0.25) is 4.57 Å². The van der Waals surface area contributed by atoms with Crippen molar-refractivity contribution in [3.05, 3.63) is 0 Å². The van der Waals surface area contributed by atoms with Crippen molar-refractivity contribution in [2.24, 2.45) is 22.7 Å². The summed E-state index contributed by atoms with van der Waals surface area (Å²) in [4.78, 5) is 10.1. The Bertz CT molecular complexity index is 315. The second kappa shape index (κ2) is 8.66. The zero-order valence-corrected chi connectivity index (χ0v) is 17.6. The summed E-state index contributed by atoms with van der Waals surface area (Å²) in [6.07, 6.45) is 2.18. The van der Waals surface area contributed by atoms with Crippen LogP contribution in [0.2, 0.25) is 0 Å². The first-order valence-electron chi connectivity index (χ1n) is 7.82. The minimum Gasteiger partial charge on any atom is -0.329 e. The molecule has 0 aromatic carbocycles. The molecule has 0 aromatic rings. The third kappa shape index (κ3) is 14.2. The SMILES string of the molecule is CC(CSP(=O)(O)SCC(C)CC(C)(C)C)CC(C)(C)C. The molecule has 0 fully saturated rings. The molecular formula is C16H35O2PS2. The minimum atomic E-state index is -3.10. The van der Waals surface area contributed by atoms with Gasteiger partial charge in [0.2, 0.25) is 0 Å². The molecule has 0 amide bonds. The van der Waals surface area contributed by atoms with Gasteiger partial charge in [0.25, 0.3) is 0 Å². The molecule has 128 valence electrons. The van der Waals surface area contributed by atoms with Crippen LogP contribution in [0.15, 0.2) is 0 Å². The average Bonchev–Trinajstić information content (AvgIpc) is 2.19. The van der Waals surface area contributed by atoms with Gasteiger partial charge in [0, 0.05) is 11.5 Å². The Morgan fingerprint density at radius 2 is 1.14 bits per heavy atom. The summed E-state index contributed by atoms with van der Waals surface area (Å²) in [5, 5.41) is 0. The number of rotatable bonds is 8. The van der Waals surface area contributed by atoms with Gasteiger partial charge in [-0.05, 0) is 35.5 Å². The van der Waals surface area contributed by atoms with Crippen molar-refractivity contribution in [3.8, 4) is 0 Å². The molecule has 2 nitrogen and oxygen atoms in total. The fourth-order valence-electron chi connectivity index (χ4n) is 2.69. The van der Waals surface area contributed by atoms with E-state index in [4.69, 9.17) is 0 Å². The lowest BCUT2D eigenvalue weighted by Gasteiger charge is -2.25. The highest BCUT2D eigenvalue weighted by Gasteiger charge is 2.25. The third-order valence-electron chi connectivity index (χ3n) is 2.97. The summed E-state index contributed by atoms with van der Waals surface area (Å²) in [5.41, 5.74) is 0.571. The van der Waals surface area contributed by atoms with Crippen LogP contribution in [0.25, 0.3) is 0 Å². The van der Waals surface area contributed by atoms with Crippen LogP contribution in [0.4, 0.5) is 0 Å². The van der Waals surface area contributed by atoms with Gasteiger partial charge in [0.15, 0.2) is 0 Å². The molecule has 0 aliphatic carbocycles. The number of hydrogen-bond donors (Lipinski definition) is 1. The van der Waals surface area contributed by atoms with E-state index in [0.29, 0.717) is 11.8 Å². The van der Waals surface area contributed by atoms with Crippen LogP contribution in [-0.4, -0.2) is 16.4 Å². The molecular weight excluding hydrogens is 319 g/mol. The quantitative estimate of drug-likeness (QED) is 0.492. The van der Waals surface area contributed by atoms with Crippen LogP contribution in [0.1, 0.15) is 68.2 Å². The highest BCUT2D eigenvalue weighted by atomic mass is 33.1. The Hall–Kier alpha value is 0.890. The predicted octanol–water partition coefficient (Wildman–Crippen LogP) is 6.70. The molecule has 0 heterocycles. The van der Waals surface area contributed by atoms with E-state index < -0.39 is 5.77 Å².